The van der Waals surface area contributed by atoms with Gasteiger partial charge in [-0.05, 0) is 57.3 Å². The fraction of sp³-hybridized carbons (Fsp3) is 0.261. The number of alkyl halides is 3. The Morgan fingerprint density at radius 3 is 2.38 bits per heavy atom. The number of amides is 1. The Labute approximate surface area is 183 Å². The van der Waals surface area contributed by atoms with Gasteiger partial charge in [0.05, 0.1) is 11.3 Å². The van der Waals surface area contributed by atoms with Crippen LogP contribution in [-0.4, -0.2) is 41.2 Å². The van der Waals surface area contributed by atoms with E-state index in [0.29, 0.717) is 5.69 Å². The maximum Gasteiger partial charge on any atom is 0.418 e. The molecule has 0 aliphatic carbocycles. The van der Waals surface area contributed by atoms with Crippen molar-refractivity contribution in [3.8, 4) is 5.69 Å². The quantitative estimate of drug-likeness (QED) is 0.626. The minimum absolute atomic E-state index is 0.175. The van der Waals surface area contributed by atoms with Crippen LogP contribution in [0.2, 0.25) is 0 Å². The molecular weight excluding hydrogens is 421 g/mol. The summed E-state index contributed by atoms with van der Waals surface area (Å²) in [6, 6.07) is 13.1. The maximum absolute atomic E-state index is 13.4. The van der Waals surface area contributed by atoms with Gasteiger partial charge in [-0.2, -0.15) is 18.3 Å². The van der Waals surface area contributed by atoms with E-state index in [2.05, 4.69) is 15.3 Å². The number of nitrogens with zero attached hydrogens (tertiary/aromatic N) is 3. The van der Waals surface area contributed by atoms with Gasteiger partial charge in [-0.1, -0.05) is 24.3 Å². The zero-order valence-electron chi connectivity index (χ0n) is 17.9. The molecular formula is C23H23F3N4O2. The van der Waals surface area contributed by atoms with Crippen LogP contribution in [0.3, 0.4) is 0 Å². The summed E-state index contributed by atoms with van der Waals surface area (Å²) in [5.74, 6) is -0.797. The molecule has 0 fully saturated rings. The van der Waals surface area contributed by atoms with E-state index in [1.54, 1.807) is 12.1 Å². The van der Waals surface area contributed by atoms with Gasteiger partial charge in [0.25, 0.3) is 5.91 Å². The fourth-order valence-electron chi connectivity index (χ4n) is 3.14. The van der Waals surface area contributed by atoms with Crippen LogP contribution < -0.4 is 10.7 Å². The minimum atomic E-state index is -4.62. The van der Waals surface area contributed by atoms with E-state index < -0.39 is 28.8 Å². The molecule has 1 heterocycles. The van der Waals surface area contributed by atoms with Crippen LogP contribution in [0.4, 0.5) is 18.9 Å². The molecule has 0 bridgehead atoms. The molecule has 1 amide bonds. The van der Waals surface area contributed by atoms with Gasteiger partial charge >= 0.3 is 6.18 Å². The Morgan fingerprint density at radius 2 is 1.75 bits per heavy atom. The van der Waals surface area contributed by atoms with Crippen LogP contribution >= 0.6 is 0 Å². The molecule has 32 heavy (non-hydrogen) atoms. The smallest absolute Gasteiger partial charge is 0.320 e. The molecule has 0 spiro atoms. The highest BCUT2D eigenvalue weighted by atomic mass is 19.4. The highest BCUT2D eigenvalue weighted by Crippen LogP contribution is 2.33. The average Bonchev–Trinajstić information content (AvgIpc) is 2.72. The van der Waals surface area contributed by atoms with Crippen molar-refractivity contribution < 1.29 is 18.0 Å². The fourth-order valence-corrected chi connectivity index (χ4v) is 3.14. The number of aryl methyl sites for hydroxylation is 1. The predicted molar refractivity (Wildman–Crippen MR) is 116 cm³/mol. The molecule has 0 saturated heterocycles. The van der Waals surface area contributed by atoms with Crippen LogP contribution in [0, 0.1) is 6.92 Å². The lowest BCUT2D eigenvalue weighted by molar-refractivity contribution is -0.137. The first kappa shape index (κ1) is 23.2. The topological polar surface area (TPSA) is 67.2 Å². The summed E-state index contributed by atoms with van der Waals surface area (Å²) in [6.07, 6.45) is -3.78. The van der Waals surface area contributed by atoms with Crippen molar-refractivity contribution in [2.45, 2.75) is 19.5 Å². The standard InChI is InChI=1S/C23H23F3N4O2/c1-15-14-20(31)21(28-30(15)19-7-5-4-6-18(19)23(24,25)26)22(32)27-17-10-8-16(9-11-17)12-13-29(2)3/h4-11,14H,12-13H2,1-3H3,(H,27,32). The van der Waals surface area contributed by atoms with Gasteiger partial charge in [0.15, 0.2) is 5.69 Å². The number of para-hydroxylation sites is 1. The van der Waals surface area contributed by atoms with Gasteiger partial charge in [0, 0.05) is 24.0 Å². The Balaban J connectivity index is 1.90. The van der Waals surface area contributed by atoms with Crippen LogP contribution in [-0.2, 0) is 12.6 Å². The number of hydrogen-bond donors (Lipinski definition) is 1. The Hall–Kier alpha value is -3.46. The van der Waals surface area contributed by atoms with Crippen molar-refractivity contribution in [1.29, 1.82) is 0 Å². The molecule has 0 aliphatic rings. The number of hydrogen-bond acceptors (Lipinski definition) is 4. The summed E-state index contributed by atoms with van der Waals surface area (Å²) in [6.45, 7) is 2.33. The lowest BCUT2D eigenvalue weighted by Crippen LogP contribution is -2.27. The molecule has 2 aromatic carbocycles. The highest BCUT2D eigenvalue weighted by Gasteiger charge is 2.34. The molecule has 0 aliphatic heterocycles. The number of halogens is 3. The van der Waals surface area contributed by atoms with E-state index in [1.807, 2.05) is 26.2 Å². The molecule has 0 unspecified atom stereocenters. The molecule has 1 aromatic heterocycles. The summed E-state index contributed by atoms with van der Waals surface area (Å²) < 4.78 is 41.3. The van der Waals surface area contributed by atoms with E-state index in [-0.39, 0.29) is 11.4 Å². The number of aromatic nitrogens is 2. The van der Waals surface area contributed by atoms with Crippen molar-refractivity contribution in [3.63, 3.8) is 0 Å². The number of rotatable bonds is 6. The van der Waals surface area contributed by atoms with Crippen molar-refractivity contribution in [2.24, 2.45) is 0 Å². The number of nitrogens with one attached hydrogen (secondary N) is 1. The maximum atomic E-state index is 13.4. The molecule has 3 aromatic rings. The van der Waals surface area contributed by atoms with E-state index in [9.17, 15) is 22.8 Å². The molecule has 0 saturated carbocycles. The van der Waals surface area contributed by atoms with Crippen molar-refractivity contribution in [1.82, 2.24) is 14.7 Å². The normalized spacial score (nSPS) is 11.6. The van der Waals surface area contributed by atoms with E-state index in [4.69, 9.17) is 0 Å². The third-order valence-corrected chi connectivity index (χ3v) is 4.82. The van der Waals surface area contributed by atoms with Gasteiger partial charge in [-0.3, -0.25) is 9.59 Å². The number of carbonyl (C=O) groups is 1. The van der Waals surface area contributed by atoms with Crippen molar-refractivity contribution in [2.75, 3.05) is 26.0 Å². The zero-order chi connectivity index (χ0) is 23.5. The van der Waals surface area contributed by atoms with Gasteiger partial charge < -0.3 is 10.2 Å². The Kier molecular flexibility index (Phi) is 6.78. The van der Waals surface area contributed by atoms with Gasteiger partial charge in [-0.25, -0.2) is 4.68 Å². The summed E-state index contributed by atoms with van der Waals surface area (Å²) >= 11 is 0. The summed E-state index contributed by atoms with van der Waals surface area (Å²) in [5, 5.41) is 6.55. The van der Waals surface area contributed by atoms with Crippen LogP contribution in [0.5, 0.6) is 0 Å². The lowest BCUT2D eigenvalue weighted by atomic mass is 10.1. The highest BCUT2D eigenvalue weighted by molar-refractivity contribution is 6.02. The summed E-state index contributed by atoms with van der Waals surface area (Å²) in [4.78, 5) is 27.1. The molecule has 6 nitrogen and oxygen atoms in total. The zero-order valence-corrected chi connectivity index (χ0v) is 17.9. The van der Waals surface area contributed by atoms with Crippen LogP contribution in [0.1, 0.15) is 27.3 Å². The Morgan fingerprint density at radius 1 is 1.09 bits per heavy atom. The first-order valence-corrected chi connectivity index (χ1v) is 9.89. The third-order valence-electron chi connectivity index (χ3n) is 4.82. The second-order valence-corrected chi connectivity index (χ2v) is 7.63. The van der Waals surface area contributed by atoms with Crippen molar-refractivity contribution >= 4 is 11.6 Å². The number of carbonyl (C=O) groups excluding carboxylic acids is 1. The SMILES string of the molecule is Cc1cc(=O)c(C(=O)Nc2ccc(CCN(C)C)cc2)nn1-c1ccccc1C(F)(F)F. The van der Waals surface area contributed by atoms with Gasteiger partial charge in [0.2, 0.25) is 5.43 Å². The molecule has 0 atom stereocenters. The summed E-state index contributed by atoms with van der Waals surface area (Å²) in [7, 11) is 3.95. The van der Waals surface area contributed by atoms with Crippen LogP contribution in [0.25, 0.3) is 5.69 Å². The summed E-state index contributed by atoms with van der Waals surface area (Å²) in [5.41, 5.74) is -0.652. The van der Waals surface area contributed by atoms with Crippen LogP contribution in [0.15, 0.2) is 59.4 Å². The minimum Gasteiger partial charge on any atom is -0.320 e. The molecule has 1 N–H and O–H groups in total. The molecule has 168 valence electrons. The lowest BCUT2D eigenvalue weighted by Gasteiger charge is -2.16. The average molecular weight is 444 g/mol. The van der Waals surface area contributed by atoms with E-state index in [0.717, 1.165) is 35.3 Å². The van der Waals surface area contributed by atoms with E-state index in [1.165, 1.54) is 25.1 Å². The molecule has 3 rings (SSSR count). The number of likely N-dealkylation sites (N-methyl/N-ethyl adjacent to an activating group) is 1. The van der Waals surface area contributed by atoms with E-state index >= 15 is 0 Å². The van der Waals surface area contributed by atoms with Gasteiger partial charge in [0.1, 0.15) is 0 Å². The molecule has 0 radical (unpaired) electrons. The first-order valence-electron chi connectivity index (χ1n) is 9.89. The second-order valence-electron chi connectivity index (χ2n) is 7.63. The predicted octanol–water partition coefficient (Wildman–Crippen LogP) is 3.92. The van der Waals surface area contributed by atoms with Gasteiger partial charge in [-0.15, -0.1) is 0 Å². The monoisotopic (exact) mass is 444 g/mol. The Bertz CT molecular complexity index is 1170. The number of benzene rings is 2. The van der Waals surface area contributed by atoms with Crippen molar-refractivity contribution in [3.05, 3.63) is 87.3 Å². The number of anilines is 1. The third kappa shape index (κ3) is 5.42. The first-order chi connectivity index (χ1) is 15.1. The largest absolute Gasteiger partial charge is 0.418 e. The molecule has 9 heteroatoms. The second kappa shape index (κ2) is 9.35.